The molecule has 0 aliphatic heterocycles. The van der Waals surface area contributed by atoms with Gasteiger partial charge in [-0.05, 0) is 20.6 Å². The summed E-state index contributed by atoms with van der Waals surface area (Å²) in [5.41, 5.74) is 0. The fraction of sp³-hybridized carbons (Fsp3) is 0.875. The van der Waals surface area contributed by atoms with E-state index in [1.54, 1.807) is 0 Å². The fourth-order valence-corrected chi connectivity index (χ4v) is 0.316. The van der Waals surface area contributed by atoms with Crippen molar-refractivity contribution in [2.75, 3.05) is 42.0 Å². The molecule has 0 aromatic carbocycles. The summed E-state index contributed by atoms with van der Waals surface area (Å²) in [4.78, 5) is 2.12. The van der Waals surface area contributed by atoms with Crippen LogP contribution in [0, 0.1) is 6.92 Å². The molecule has 0 atom stereocenters. The zero-order valence-electron chi connectivity index (χ0n) is 9.41. The van der Waals surface area contributed by atoms with Crippen LogP contribution in [0.3, 0.4) is 0 Å². The Balaban J connectivity index is -0.0000000263. The molecule has 0 aliphatic carbocycles. The van der Waals surface area contributed by atoms with Crippen molar-refractivity contribution in [3.63, 3.8) is 0 Å². The first-order valence-electron chi connectivity index (χ1n) is 3.55. The van der Waals surface area contributed by atoms with Crippen LogP contribution >= 0.6 is 0 Å². The molecule has 0 spiro atoms. The van der Waals surface area contributed by atoms with Gasteiger partial charge >= 0.3 is 0 Å². The van der Waals surface area contributed by atoms with E-state index < -0.39 is 0 Å². The number of nitrogens with zero attached hydrogens (tertiary/aromatic N) is 1. The Morgan fingerprint density at radius 1 is 0.923 bits per heavy atom. The van der Waals surface area contributed by atoms with E-state index in [1.807, 2.05) is 14.1 Å². The molecule has 0 rings (SSSR count). The number of rotatable bonds is 2. The second-order valence-corrected chi connectivity index (χ2v) is 1.66. The predicted molar refractivity (Wildman–Crippen MR) is 53.0 cm³/mol. The molecule has 0 saturated heterocycles. The maximum absolute atomic E-state index is 7.00. The molecule has 0 aromatic rings. The van der Waals surface area contributed by atoms with Gasteiger partial charge in [0.05, 0.1) is 0 Å². The summed E-state index contributed by atoms with van der Waals surface area (Å²) < 4.78 is 0. The second-order valence-electron chi connectivity index (χ2n) is 1.66. The number of aliphatic hydroxyl groups excluding tert-OH is 3. The van der Waals surface area contributed by atoms with Crippen LogP contribution in [0.1, 0.15) is 6.42 Å². The zero-order valence-corrected chi connectivity index (χ0v) is 11.0. The molecule has 0 unspecified atom stereocenters. The maximum atomic E-state index is 7.00. The molecule has 0 amide bonds. The molecule has 0 bridgehead atoms. The van der Waals surface area contributed by atoms with E-state index in [4.69, 9.17) is 15.3 Å². The largest absolute Gasteiger partial charge is 0.400 e. The molecule has 0 aromatic heterocycles. The molecule has 3 N–H and O–H groups in total. The van der Waals surface area contributed by atoms with Gasteiger partial charge in [-0.15, -0.1) is 0 Å². The maximum Gasteiger partial charge on any atom is 0.0319 e. The smallest absolute Gasteiger partial charge is 0.0319 e. The van der Waals surface area contributed by atoms with Gasteiger partial charge in [-0.2, -0.15) is 6.42 Å². The van der Waals surface area contributed by atoms with Gasteiger partial charge in [-0.1, -0.05) is 0 Å². The summed E-state index contributed by atoms with van der Waals surface area (Å²) in [7, 11) is 7.09. The average molecular weight is 230 g/mol. The Labute approximate surface area is 97.5 Å². The summed E-state index contributed by atoms with van der Waals surface area (Å²) in [6.07, 6.45) is 1.01. The van der Waals surface area contributed by atoms with E-state index in [0.717, 1.165) is 34.3 Å². The van der Waals surface area contributed by atoms with Crippen molar-refractivity contribution in [2.24, 2.45) is 0 Å². The van der Waals surface area contributed by atoms with Gasteiger partial charge in [0, 0.05) is 43.0 Å². The third-order valence-corrected chi connectivity index (χ3v) is 0.605. The van der Waals surface area contributed by atoms with E-state index in [2.05, 4.69) is 11.8 Å². The second kappa shape index (κ2) is 54.3. The van der Waals surface area contributed by atoms with Crippen LogP contribution in [0.15, 0.2) is 0 Å². The van der Waals surface area contributed by atoms with Gasteiger partial charge in [0.2, 0.25) is 0 Å². The van der Waals surface area contributed by atoms with Crippen molar-refractivity contribution in [1.29, 1.82) is 0 Å². The first-order valence-corrected chi connectivity index (χ1v) is 3.55. The molecule has 0 aliphatic rings. The minimum atomic E-state index is 0. The van der Waals surface area contributed by atoms with Crippen molar-refractivity contribution in [2.45, 2.75) is 6.42 Å². The Kier molecular flexibility index (Phi) is 122. The molecule has 0 fully saturated rings. The van der Waals surface area contributed by atoms with Crippen molar-refractivity contribution < 1.29 is 37.0 Å². The molecular weight excluding hydrogens is 206 g/mol. The fourth-order valence-electron chi connectivity index (χ4n) is 0.316. The summed E-state index contributed by atoms with van der Waals surface area (Å²) in [6, 6.07) is 0. The quantitative estimate of drug-likeness (QED) is 0.446. The third-order valence-electron chi connectivity index (χ3n) is 0.605. The van der Waals surface area contributed by atoms with Crippen LogP contribution in [-0.2, 0) is 21.7 Å². The van der Waals surface area contributed by atoms with Crippen molar-refractivity contribution in [1.82, 2.24) is 4.90 Å². The van der Waals surface area contributed by atoms with Crippen LogP contribution in [-0.4, -0.2) is 62.2 Å². The monoisotopic (exact) mass is 230 g/mol. The van der Waals surface area contributed by atoms with Crippen LogP contribution in [0.5, 0.6) is 0 Å². The van der Waals surface area contributed by atoms with E-state index in [0.29, 0.717) is 0 Å². The van der Waals surface area contributed by atoms with Crippen molar-refractivity contribution in [3.05, 3.63) is 6.92 Å². The number of hydrogen-bond acceptors (Lipinski definition) is 4. The van der Waals surface area contributed by atoms with E-state index in [-0.39, 0.29) is 21.7 Å². The molecule has 4 nitrogen and oxygen atoms in total. The van der Waals surface area contributed by atoms with Crippen molar-refractivity contribution >= 4 is 0 Å². The molecular formula is C8H24NO3Ti-. The summed E-state index contributed by atoms with van der Waals surface area (Å²) >= 11 is 0. The average Bonchev–Trinajstić information content (AvgIpc) is 2.14. The summed E-state index contributed by atoms with van der Waals surface area (Å²) in [5, 5.41) is 21.0. The van der Waals surface area contributed by atoms with E-state index in [9.17, 15) is 0 Å². The van der Waals surface area contributed by atoms with Gasteiger partial charge in [0.25, 0.3) is 0 Å². The van der Waals surface area contributed by atoms with Crippen LogP contribution < -0.4 is 0 Å². The first-order chi connectivity index (χ1) is 5.77. The molecule has 0 saturated carbocycles. The van der Waals surface area contributed by atoms with E-state index >= 15 is 0 Å². The standard InChI is InChI=1S/C5H12N.3CH4O.Ti/c1-4-5-6(2)3;3*1-2;/h1,4-5H2,2-3H3;3*2H,1H3;/q-1;;;;. The minimum Gasteiger partial charge on any atom is -0.400 e. The molecule has 13 heavy (non-hydrogen) atoms. The van der Waals surface area contributed by atoms with E-state index in [1.165, 1.54) is 0 Å². The predicted octanol–water partition coefficient (Wildman–Crippen LogP) is -0.405. The Bertz CT molecular complexity index is 40.6. The number of aliphatic hydroxyl groups is 3. The summed E-state index contributed by atoms with van der Waals surface area (Å²) in [6.45, 7) is 4.78. The zero-order chi connectivity index (χ0) is 11.0. The van der Waals surface area contributed by atoms with Gasteiger partial charge < -0.3 is 27.1 Å². The molecule has 0 heterocycles. The van der Waals surface area contributed by atoms with Gasteiger partial charge in [-0.3, -0.25) is 0 Å². The Morgan fingerprint density at radius 3 is 1.15 bits per heavy atom. The van der Waals surface area contributed by atoms with Crippen LogP contribution in [0.25, 0.3) is 0 Å². The van der Waals surface area contributed by atoms with Crippen molar-refractivity contribution in [3.8, 4) is 0 Å². The van der Waals surface area contributed by atoms with Gasteiger partial charge in [0.15, 0.2) is 0 Å². The Hall–Kier alpha value is 0.554. The topological polar surface area (TPSA) is 63.9 Å². The number of hydrogen-bond donors (Lipinski definition) is 3. The third kappa shape index (κ3) is 111. The molecule has 0 radical (unpaired) electrons. The normalized spacial score (nSPS) is 6.00. The Morgan fingerprint density at radius 2 is 1.15 bits per heavy atom. The van der Waals surface area contributed by atoms with Crippen LogP contribution in [0.2, 0.25) is 0 Å². The first kappa shape index (κ1) is 29.2. The minimum absolute atomic E-state index is 0. The van der Waals surface area contributed by atoms with Gasteiger partial charge in [0.1, 0.15) is 0 Å². The SMILES string of the molecule is CO.CO.CO.[CH2-]CCN(C)C.[Ti]. The van der Waals surface area contributed by atoms with Crippen LogP contribution in [0.4, 0.5) is 0 Å². The molecule has 84 valence electrons. The van der Waals surface area contributed by atoms with Gasteiger partial charge in [-0.25, -0.2) is 0 Å². The molecule has 5 heteroatoms. The summed E-state index contributed by atoms with van der Waals surface area (Å²) in [5.74, 6) is 0.